The molecule has 0 atom stereocenters. The Morgan fingerprint density at radius 1 is 0.571 bits per heavy atom. The zero-order chi connectivity index (χ0) is 8.80. The summed E-state index contributed by atoms with van der Waals surface area (Å²) in [5.74, 6) is 0. The van der Waals surface area contributed by atoms with E-state index in [0.717, 1.165) is 0 Å². The average molecular weight is 246 g/mol. The van der Waals surface area contributed by atoms with E-state index >= 15 is 0 Å². The summed E-state index contributed by atoms with van der Waals surface area (Å²) in [6, 6.07) is 0. The topological polar surface area (TPSA) is 0 Å². The molecule has 1 spiro atoms. The third-order valence-electron chi connectivity index (χ3n) is 14.5. The van der Waals surface area contributed by atoms with Crippen molar-refractivity contribution in [1.82, 2.24) is 0 Å². The van der Waals surface area contributed by atoms with E-state index in [1.165, 1.54) is 0 Å². The molecule has 2 heteroatoms. The van der Waals surface area contributed by atoms with Crippen LogP contribution in [-0.4, -0.2) is 9.52 Å². The third kappa shape index (κ3) is 0.0435. The Morgan fingerprint density at radius 3 is 0.714 bits per heavy atom. The Labute approximate surface area is 77.3 Å². The molecule has 0 aromatic heterocycles. The normalized spacial score (nSPS) is 136. The zero-order valence-electron chi connectivity index (χ0n) is 8.83. The van der Waals surface area contributed by atoms with Crippen molar-refractivity contribution in [3.63, 3.8) is 0 Å². The van der Waals surface area contributed by atoms with Crippen LogP contribution in [0.1, 0.15) is 0 Å². The fraction of sp³-hybridized carbons (Fsp3) is 1.00. The quantitative estimate of drug-likeness (QED) is 0.572. The molecule has 14 heavy (non-hydrogen) atoms. The first-order valence-electron chi connectivity index (χ1n) is 6.79. The van der Waals surface area contributed by atoms with Gasteiger partial charge in [0.2, 0.25) is 0 Å². The summed E-state index contributed by atoms with van der Waals surface area (Å²) in [5.41, 5.74) is 0. The van der Waals surface area contributed by atoms with Crippen LogP contribution in [0.25, 0.3) is 0 Å². The van der Waals surface area contributed by atoms with E-state index in [1.54, 1.807) is 48.2 Å². The number of fused-ring (bicyclic) bond motifs is 10. The standard InChI is InChI=1S/2C5H5.C2H8Si.Fe/c2*1-2-4-5-3-1;1-3-2;/h2*1-5H;3H2,1-2H3;. The Balaban J connectivity index is 0.000000151. The predicted octanol–water partition coefficient (Wildman–Crippen LogP) is 3.63. The molecule has 10 heterocycles. The molecule has 0 aromatic rings. The maximum atomic E-state index is 2.26. The van der Waals surface area contributed by atoms with Crippen LogP contribution in [0.3, 0.4) is 0 Å². The van der Waals surface area contributed by atoms with E-state index in [1.807, 2.05) is 0 Å². The van der Waals surface area contributed by atoms with E-state index in [-0.39, 0.29) is 0 Å². The van der Waals surface area contributed by atoms with E-state index < -0.39 is 6.51 Å². The summed E-state index contributed by atoms with van der Waals surface area (Å²) >= 11 is 0. The van der Waals surface area contributed by atoms with E-state index in [2.05, 4.69) is 13.1 Å². The molecule has 0 radical (unpaired) electrons. The SMILES string of the molecule is C[SiH2]C.[CH]12[CH]3[CH]4[CH]5[CH]1[Fe]23451678[CH]2[CH]1[CH]6[CH]7[CH]28. The second kappa shape index (κ2) is 0.378. The van der Waals surface area contributed by atoms with E-state index in [4.69, 9.17) is 0 Å². The molecule has 0 N–H and O–H groups in total. The second-order valence-electron chi connectivity index (χ2n) is 10.3. The summed E-state index contributed by atoms with van der Waals surface area (Å²) in [7, 11) is 0.417. The summed E-state index contributed by atoms with van der Waals surface area (Å²) in [5, 5.41) is 0. The van der Waals surface area contributed by atoms with Crippen LogP contribution in [0.4, 0.5) is 0 Å². The summed E-state index contributed by atoms with van der Waals surface area (Å²) in [6.45, 7) is 2.24. The van der Waals surface area contributed by atoms with Crippen molar-refractivity contribution in [3.8, 4) is 0 Å². The van der Waals surface area contributed by atoms with Crippen molar-refractivity contribution in [2.24, 2.45) is 0 Å². The molecule has 10 rings (SSSR count). The Morgan fingerprint density at radius 2 is 0.714 bits per heavy atom. The minimum absolute atomic E-state index is 0.417. The molecule has 0 amide bonds. The van der Waals surface area contributed by atoms with Gasteiger partial charge in [-0.25, -0.2) is 0 Å². The van der Waals surface area contributed by atoms with Gasteiger partial charge in [-0.15, -0.1) is 0 Å². The van der Waals surface area contributed by atoms with Gasteiger partial charge in [-0.05, 0) is 0 Å². The fourth-order valence-electron chi connectivity index (χ4n) is 15.8. The minimum atomic E-state index is -2.28. The van der Waals surface area contributed by atoms with Gasteiger partial charge in [0.25, 0.3) is 0 Å². The molecule has 78 valence electrons. The van der Waals surface area contributed by atoms with Crippen LogP contribution in [0.5, 0.6) is 0 Å². The number of rotatable bonds is 0. The van der Waals surface area contributed by atoms with Crippen molar-refractivity contribution in [2.75, 3.05) is 0 Å². The molecule has 0 unspecified atom stereocenters. The van der Waals surface area contributed by atoms with Crippen LogP contribution in [0, 0.1) is 0 Å². The van der Waals surface area contributed by atoms with Gasteiger partial charge >= 0.3 is 54.7 Å². The van der Waals surface area contributed by atoms with Crippen LogP contribution in [0.15, 0.2) is 0 Å². The predicted molar refractivity (Wildman–Crippen MR) is 57.8 cm³/mol. The molecule has 10 saturated heterocycles. The van der Waals surface area contributed by atoms with Crippen LogP contribution in [0.2, 0.25) is 61.3 Å². The maximum absolute atomic E-state index is 2.28. The van der Waals surface area contributed by atoms with Gasteiger partial charge in [0.1, 0.15) is 0 Å². The van der Waals surface area contributed by atoms with E-state index in [9.17, 15) is 0 Å². The van der Waals surface area contributed by atoms with Gasteiger partial charge in [-0.1, -0.05) is 13.1 Å². The molecule has 0 bridgehead atoms. The van der Waals surface area contributed by atoms with Gasteiger partial charge in [-0.3, -0.25) is 0 Å². The average Bonchev–Trinajstić information content (AvgIpc) is 3.15. The van der Waals surface area contributed by atoms with E-state index in [0.29, 0.717) is 9.52 Å². The monoisotopic (exact) mass is 246 g/mol. The molecule has 0 aromatic carbocycles. The fourth-order valence-corrected chi connectivity index (χ4v) is 88.0. The summed E-state index contributed by atoms with van der Waals surface area (Å²) in [6.07, 6.45) is 0. The van der Waals surface area contributed by atoms with Crippen molar-refractivity contribution >= 4 is 9.52 Å². The van der Waals surface area contributed by atoms with Crippen molar-refractivity contribution in [2.45, 2.75) is 61.3 Å². The molecular formula is C12H18FeSi. The molecule has 0 nitrogen and oxygen atoms in total. The van der Waals surface area contributed by atoms with Crippen molar-refractivity contribution < 1.29 is 6.51 Å². The molecule has 10 fully saturated rings. The van der Waals surface area contributed by atoms with Crippen LogP contribution in [-0.2, 0) is 6.51 Å². The van der Waals surface area contributed by atoms with Crippen LogP contribution < -0.4 is 0 Å². The van der Waals surface area contributed by atoms with Gasteiger partial charge in [0, 0.05) is 9.52 Å². The zero-order valence-corrected chi connectivity index (χ0v) is 11.4. The first kappa shape index (κ1) is 5.38. The first-order chi connectivity index (χ1) is 6.57. The molecule has 10 aliphatic heterocycles. The number of hydrogen-bond acceptors (Lipinski definition) is 0. The van der Waals surface area contributed by atoms with Crippen LogP contribution >= 0.6 is 0 Å². The van der Waals surface area contributed by atoms with Gasteiger partial charge < -0.3 is 0 Å². The Kier molecular flexibility index (Phi) is 0.145. The molecular weight excluding hydrogens is 228 g/mol. The van der Waals surface area contributed by atoms with Crippen molar-refractivity contribution in [1.29, 1.82) is 0 Å². The third-order valence-corrected chi connectivity index (χ3v) is 56.5. The Hall–Kier alpha value is 0.736. The van der Waals surface area contributed by atoms with Gasteiger partial charge in [0.05, 0.1) is 0 Å². The molecule has 0 aliphatic carbocycles. The van der Waals surface area contributed by atoms with Gasteiger partial charge in [0.15, 0.2) is 0 Å². The van der Waals surface area contributed by atoms with Crippen molar-refractivity contribution in [3.05, 3.63) is 0 Å². The summed E-state index contributed by atoms with van der Waals surface area (Å²) in [4.78, 5) is 15.9. The molecule has 0 saturated carbocycles. The summed E-state index contributed by atoms with van der Waals surface area (Å²) < 4.78 is 0. The molecule has 10 aliphatic rings. The Bertz CT molecular complexity index is 593. The van der Waals surface area contributed by atoms with Gasteiger partial charge in [-0.2, -0.15) is 0 Å². The number of hydrogen-bond donors (Lipinski definition) is 0. The second-order valence-corrected chi connectivity index (χ2v) is 35.6. The first-order valence-corrected chi connectivity index (χ1v) is 16.0.